The Hall–Kier alpha value is -2.85. The molecular formula is C18H16N6O2S2. The number of tetrazole rings is 1. The molecule has 10 heteroatoms. The minimum Gasteiger partial charge on any atom is -0.324 e. The molecule has 1 aromatic heterocycles. The number of aromatic nitrogens is 4. The van der Waals surface area contributed by atoms with Gasteiger partial charge in [-0.2, -0.15) is 4.68 Å². The average molecular weight is 413 g/mol. The van der Waals surface area contributed by atoms with E-state index in [-0.39, 0.29) is 17.1 Å². The number of fused-ring (bicyclic) bond motifs is 1. The van der Waals surface area contributed by atoms with Gasteiger partial charge in [-0.1, -0.05) is 17.8 Å². The van der Waals surface area contributed by atoms with Gasteiger partial charge in [0.1, 0.15) is 0 Å². The standard InChI is InChI=1S/C18H16N6O2S2/c1-10-16(25)20-14-8-11(6-7-15(14)28-10)17(26)19-12-4-3-5-13(9-12)24-18(27-2)21-22-23-24/h3-10H,1-2H3,(H,19,26)(H,20,25)/t10-/m1/s1. The molecule has 2 aromatic carbocycles. The smallest absolute Gasteiger partial charge is 0.255 e. The Kier molecular flexibility index (Phi) is 5.05. The summed E-state index contributed by atoms with van der Waals surface area (Å²) in [5.74, 6) is -0.326. The van der Waals surface area contributed by atoms with Crippen LogP contribution in [0.1, 0.15) is 17.3 Å². The van der Waals surface area contributed by atoms with Gasteiger partial charge in [0.15, 0.2) is 0 Å². The van der Waals surface area contributed by atoms with Crippen LogP contribution in [-0.2, 0) is 4.79 Å². The van der Waals surface area contributed by atoms with Crippen molar-refractivity contribution in [1.29, 1.82) is 0 Å². The minimum absolute atomic E-state index is 0.0613. The Morgan fingerprint density at radius 2 is 2.14 bits per heavy atom. The highest BCUT2D eigenvalue weighted by atomic mass is 32.2. The number of carbonyl (C=O) groups excluding carboxylic acids is 2. The number of nitrogens with one attached hydrogen (secondary N) is 2. The normalized spacial score (nSPS) is 15.6. The van der Waals surface area contributed by atoms with Gasteiger partial charge in [0.25, 0.3) is 5.91 Å². The molecule has 0 bridgehead atoms. The van der Waals surface area contributed by atoms with Crippen molar-refractivity contribution in [2.75, 3.05) is 16.9 Å². The molecule has 4 rings (SSSR count). The Labute approximate surface area is 169 Å². The monoisotopic (exact) mass is 412 g/mol. The third-order valence-electron chi connectivity index (χ3n) is 4.14. The van der Waals surface area contributed by atoms with Crippen LogP contribution in [-0.4, -0.2) is 43.5 Å². The van der Waals surface area contributed by atoms with Gasteiger partial charge in [0.05, 0.1) is 16.6 Å². The van der Waals surface area contributed by atoms with Crippen LogP contribution in [0.2, 0.25) is 0 Å². The zero-order chi connectivity index (χ0) is 19.7. The van der Waals surface area contributed by atoms with Crippen LogP contribution in [0.15, 0.2) is 52.5 Å². The van der Waals surface area contributed by atoms with E-state index in [2.05, 4.69) is 26.2 Å². The lowest BCUT2D eigenvalue weighted by Gasteiger charge is -2.21. The molecule has 1 aliphatic heterocycles. The first-order valence-corrected chi connectivity index (χ1v) is 10.5. The number of thioether (sulfide) groups is 2. The summed E-state index contributed by atoms with van der Waals surface area (Å²) >= 11 is 2.91. The number of carbonyl (C=O) groups is 2. The van der Waals surface area contributed by atoms with Crippen LogP contribution in [0.4, 0.5) is 11.4 Å². The molecule has 2 amide bonds. The summed E-state index contributed by atoms with van der Waals surface area (Å²) in [4.78, 5) is 25.5. The predicted molar refractivity (Wildman–Crippen MR) is 109 cm³/mol. The molecular weight excluding hydrogens is 396 g/mol. The highest BCUT2D eigenvalue weighted by Gasteiger charge is 2.23. The van der Waals surface area contributed by atoms with E-state index in [4.69, 9.17) is 0 Å². The molecule has 0 unspecified atom stereocenters. The van der Waals surface area contributed by atoms with Gasteiger partial charge in [0.2, 0.25) is 11.1 Å². The second-order valence-corrected chi connectivity index (χ2v) is 8.20. The topological polar surface area (TPSA) is 102 Å². The van der Waals surface area contributed by atoms with Gasteiger partial charge in [-0.25, -0.2) is 0 Å². The molecule has 0 saturated carbocycles. The first kappa shape index (κ1) is 18.5. The van der Waals surface area contributed by atoms with Crippen LogP contribution >= 0.6 is 23.5 Å². The summed E-state index contributed by atoms with van der Waals surface area (Å²) in [6.07, 6.45) is 1.89. The number of amides is 2. The second kappa shape index (κ2) is 7.64. The van der Waals surface area contributed by atoms with Gasteiger partial charge in [-0.15, -0.1) is 16.9 Å². The zero-order valence-corrected chi connectivity index (χ0v) is 16.7. The molecule has 28 heavy (non-hydrogen) atoms. The molecule has 0 aliphatic carbocycles. The Bertz CT molecular complexity index is 1070. The molecule has 8 nitrogen and oxygen atoms in total. The summed E-state index contributed by atoms with van der Waals surface area (Å²) in [7, 11) is 0. The van der Waals surface area contributed by atoms with Crippen molar-refractivity contribution in [3.63, 3.8) is 0 Å². The number of anilines is 2. The molecule has 0 saturated heterocycles. The molecule has 1 atom stereocenters. The number of hydrogen-bond donors (Lipinski definition) is 2. The number of benzene rings is 2. The molecule has 1 aliphatic rings. The van der Waals surface area contributed by atoms with Crippen molar-refractivity contribution >= 4 is 46.7 Å². The van der Waals surface area contributed by atoms with Crippen molar-refractivity contribution in [2.24, 2.45) is 0 Å². The maximum Gasteiger partial charge on any atom is 0.255 e. The van der Waals surface area contributed by atoms with E-state index in [0.717, 1.165) is 10.6 Å². The Morgan fingerprint density at radius 1 is 1.29 bits per heavy atom. The van der Waals surface area contributed by atoms with E-state index >= 15 is 0 Å². The van der Waals surface area contributed by atoms with Crippen LogP contribution in [0.25, 0.3) is 5.69 Å². The van der Waals surface area contributed by atoms with E-state index in [1.165, 1.54) is 23.5 Å². The summed E-state index contributed by atoms with van der Waals surface area (Å²) in [6.45, 7) is 1.85. The number of nitrogens with zero attached hydrogens (tertiary/aromatic N) is 4. The van der Waals surface area contributed by atoms with Crippen molar-refractivity contribution in [3.05, 3.63) is 48.0 Å². The lowest BCUT2D eigenvalue weighted by atomic mass is 10.1. The third-order valence-corrected chi connectivity index (χ3v) is 5.94. The molecule has 0 radical (unpaired) electrons. The lowest BCUT2D eigenvalue weighted by Crippen LogP contribution is -2.26. The molecule has 3 aromatic rings. The second-order valence-electron chi connectivity index (χ2n) is 6.04. The van der Waals surface area contributed by atoms with Crippen LogP contribution in [0, 0.1) is 0 Å². The van der Waals surface area contributed by atoms with Crippen LogP contribution in [0.5, 0.6) is 0 Å². The van der Waals surface area contributed by atoms with Gasteiger partial charge in [0, 0.05) is 16.1 Å². The Balaban J connectivity index is 1.55. The van der Waals surface area contributed by atoms with Crippen molar-refractivity contribution in [1.82, 2.24) is 20.2 Å². The average Bonchev–Trinajstić information content (AvgIpc) is 3.17. The first-order valence-electron chi connectivity index (χ1n) is 8.41. The number of rotatable bonds is 4. The van der Waals surface area contributed by atoms with E-state index in [9.17, 15) is 9.59 Å². The minimum atomic E-state index is -0.264. The van der Waals surface area contributed by atoms with Crippen LogP contribution in [0.3, 0.4) is 0 Å². The highest BCUT2D eigenvalue weighted by Crippen LogP contribution is 2.36. The van der Waals surface area contributed by atoms with Gasteiger partial charge < -0.3 is 10.6 Å². The SMILES string of the molecule is CSc1nnnn1-c1cccc(NC(=O)c2ccc3c(c2)NC(=O)[C@@H](C)S3)c1. The van der Waals surface area contributed by atoms with E-state index in [1.807, 2.05) is 31.4 Å². The molecule has 2 heterocycles. The lowest BCUT2D eigenvalue weighted by molar-refractivity contribution is -0.115. The highest BCUT2D eigenvalue weighted by molar-refractivity contribution is 8.01. The van der Waals surface area contributed by atoms with Crippen LogP contribution < -0.4 is 10.6 Å². The largest absolute Gasteiger partial charge is 0.324 e. The van der Waals surface area contributed by atoms with E-state index < -0.39 is 0 Å². The maximum absolute atomic E-state index is 12.7. The fraction of sp³-hybridized carbons (Fsp3) is 0.167. The molecule has 0 spiro atoms. The van der Waals surface area contributed by atoms with Gasteiger partial charge in [-0.05, 0) is 60.0 Å². The first-order chi connectivity index (χ1) is 13.5. The van der Waals surface area contributed by atoms with Crippen molar-refractivity contribution < 1.29 is 9.59 Å². The summed E-state index contributed by atoms with van der Waals surface area (Å²) in [6, 6.07) is 12.6. The molecule has 2 N–H and O–H groups in total. The van der Waals surface area contributed by atoms with Crippen molar-refractivity contribution in [2.45, 2.75) is 22.2 Å². The zero-order valence-electron chi connectivity index (χ0n) is 15.0. The van der Waals surface area contributed by atoms with E-state index in [0.29, 0.717) is 22.1 Å². The summed E-state index contributed by atoms with van der Waals surface area (Å²) < 4.78 is 1.60. The van der Waals surface area contributed by atoms with E-state index in [1.54, 1.807) is 28.9 Å². The van der Waals surface area contributed by atoms with Crippen molar-refractivity contribution in [3.8, 4) is 5.69 Å². The fourth-order valence-electron chi connectivity index (χ4n) is 2.74. The Morgan fingerprint density at radius 3 is 2.96 bits per heavy atom. The summed E-state index contributed by atoms with van der Waals surface area (Å²) in [5.41, 5.74) is 2.49. The number of hydrogen-bond acceptors (Lipinski definition) is 7. The fourth-order valence-corrected chi connectivity index (χ4v) is 4.10. The predicted octanol–water partition coefficient (Wildman–Crippen LogP) is 3.07. The molecule has 142 valence electrons. The molecule has 0 fully saturated rings. The maximum atomic E-state index is 12.7. The van der Waals surface area contributed by atoms with Gasteiger partial charge in [-0.3, -0.25) is 9.59 Å². The summed E-state index contributed by atoms with van der Waals surface area (Å²) in [5, 5.41) is 17.8. The van der Waals surface area contributed by atoms with Gasteiger partial charge >= 0.3 is 0 Å². The third kappa shape index (κ3) is 3.60. The quantitative estimate of drug-likeness (QED) is 0.635.